The van der Waals surface area contributed by atoms with Crippen molar-refractivity contribution < 1.29 is 26.5 Å². The maximum Gasteiger partial charge on any atom is -0.171 e. The Hall–Kier alpha value is -0.471. The SMILES string of the molecule is O.O.[CH2]=[Fe+].[c-]1ccccc1. The smallest absolute Gasteiger partial charge is 0.171 e. The Bertz CT molecular complexity index is 94.5. The second kappa shape index (κ2) is 15.8. The average molecular weight is 183 g/mol. The van der Waals surface area contributed by atoms with Crippen molar-refractivity contribution in [2.75, 3.05) is 0 Å². The van der Waals surface area contributed by atoms with Crippen molar-refractivity contribution in [2.45, 2.75) is 0 Å². The average Bonchev–Trinajstić information content (AvgIpc) is 1.96. The largest absolute Gasteiger partial charge is 0.184 e. The molecule has 0 amide bonds. The predicted octanol–water partition coefficient (Wildman–Crippen LogP) is -0.197. The van der Waals surface area contributed by atoms with Crippen molar-refractivity contribution in [3.63, 3.8) is 0 Å². The fourth-order valence-electron chi connectivity index (χ4n) is 0.342. The molecule has 0 bridgehead atoms. The molecule has 1 rings (SSSR count). The Labute approximate surface area is 68.9 Å². The molecule has 0 aromatic heterocycles. The molecule has 10 heavy (non-hydrogen) atoms. The molecule has 0 aliphatic carbocycles. The minimum atomic E-state index is 0. The first-order valence-electron chi connectivity index (χ1n) is 2.16. The summed E-state index contributed by atoms with van der Waals surface area (Å²) < 4.78 is 0. The normalized spacial score (nSPS) is 5.20. The van der Waals surface area contributed by atoms with Crippen LogP contribution in [0.1, 0.15) is 0 Å². The third kappa shape index (κ3) is 10.5. The molecule has 0 aliphatic heterocycles. The van der Waals surface area contributed by atoms with Gasteiger partial charge in [-0.3, -0.25) is 0 Å². The van der Waals surface area contributed by atoms with Gasteiger partial charge in [0.2, 0.25) is 0 Å². The molecular weight excluding hydrogens is 172 g/mol. The molecule has 0 atom stereocenters. The summed E-state index contributed by atoms with van der Waals surface area (Å²) in [6, 6.07) is 12.5. The van der Waals surface area contributed by atoms with E-state index in [0.29, 0.717) is 0 Å². The summed E-state index contributed by atoms with van der Waals surface area (Å²) in [6.07, 6.45) is 0. The molecular formula is C7H11FeO2. The third-order valence-corrected chi connectivity index (χ3v) is 0.607. The van der Waals surface area contributed by atoms with Crippen LogP contribution in [-0.2, 0) is 15.6 Å². The Balaban J connectivity index is -0.000000114. The van der Waals surface area contributed by atoms with Crippen molar-refractivity contribution in [3.8, 4) is 0 Å². The van der Waals surface area contributed by atoms with Crippen LogP contribution in [0.2, 0.25) is 0 Å². The summed E-state index contributed by atoms with van der Waals surface area (Å²) in [6.45, 7) is 0. The van der Waals surface area contributed by atoms with Crippen LogP contribution in [0, 0.1) is 6.07 Å². The van der Waals surface area contributed by atoms with Crippen LogP contribution in [0.25, 0.3) is 0 Å². The second-order valence-corrected chi connectivity index (χ2v) is 1.08. The zero-order valence-corrected chi connectivity index (χ0v) is 6.55. The van der Waals surface area contributed by atoms with Crippen molar-refractivity contribution in [3.05, 3.63) is 36.4 Å². The van der Waals surface area contributed by atoms with E-state index in [0.717, 1.165) is 0 Å². The monoisotopic (exact) mass is 183 g/mol. The van der Waals surface area contributed by atoms with Gasteiger partial charge >= 0.3 is 21.0 Å². The fraction of sp³-hybridized carbons (Fsp3) is 0. The maximum absolute atomic E-state index is 3.00. The van der Waals surface area contributed by atoms with Gasteiger partial charge in [-0.05, 0) is 0 Å². The van der Waals surface area contributed by atoms with Crippen LogP contribution < -0.4 is 0 Å². The molecule has 0 fully saturated rings. The first-order chi connectivity index (χ1) is 4.00. The van der Waals surface area contributed by atoms with E-state index in [-0.39, 0.29) is 11.0 Å². The number of hydrogen-bond donors (Lipinski definition) is 0. The maximum atomic E-state index is 3.00. The molecule has 0 saturated heterocycles. The second-order valence-electron chi connectivity index (χ2n) is 1.08. The Morgan fingerprint density at radius 1 is 0.900 bits per heavy atom. The summed E-state index contributed by atoms with van der Waals surface area (Å²) >= 11 is 3.00. The molecule has 0 heterocycles. The van der Waals surface area contributed by atoms with Gasteiger partial charge in [0.1, 0.15) is 0 Å². The minimum absolute atomic E-state index is 0. The van der Waals surface area contributed by atoms with Crippen LogP contribution in [0.3, 0.4) is 0 Å². The topological polar surface area (TPSA) is 63.0 Å². The van der Waals surface area contributed by atoms with Crippen LogP contribution in [0.15, 0.2) is 30.3 Å². The van der Waals surface area contributed by atoms with E-state index in [1.54, 1.807) is 0 Å². The first kappa shape index (κ1) is 16.3. The molecule has 1 aromatic carbocycles. The fourth-order valence-corrected chi connectivity index (χ4v) is 0.342. The third-order valence-electron chi connectivity index (χ3n) is 0.607. The van der Waals surface area contributed by atoms with Gasteiger partial charge in [-0.15, -0.1) is 0 Å². The molecule has 0 spiro atoms. The van der Waals surface area contributed by atoms with Gasteiger partial charge in [-0.25, -0.2) is 0 Å². The van der Waals surface area contributed by atoms with Gasteiger partial charge in [0, 0.05) is 0 Å². The molecule has 1 aromatic rings. The zero-order valence-electron chi connectivity index (χ0n) is 5.45. The molecule has 4 N–H and O–H groups in total. The van der Waals surface area contributed by atoms with Gasteiger partial charge in [0.25, 0.3) is 0 Å². The molecule has 0 aliphatic rings. The van der Waals surface area contributed by atoms with E-state index in [1.165, 1.54) is 0 Å². The van der Waals surface area contributed by atoms with E-state index < -0.39 is 0 Å². The van der Waals surface area contributed by atoms with Crippen LogP contribution in [0.5, 0.6) is 0 Å². The quantitative estimate of drug-likeness (QED) is 0.395. The summed E-state index contributed by atoms with van der Waals surface area (Å²) in [4.78, 5) is 0. The Morgan fingerprint density at radius 2 is 1.30 bits per heavy atom. The van der Waals surface area contributed by atoms with Crippen molar-refractivity contribution >= 4 is 5.42 Å². The van der Waals surface area contributed by atoms with Gasteiger partial charge in [0.05, 0.1) is 0 Å². The summed E-state index contributed by atoms with van der Waals surface area (Å²) in [5.74, 6) is 0. The molecule has 2 nitrogen and oxygen atoms in total. The van der Waals surface area contributed by atoms with Crippen LogP contribution in [0.4, 0.5) is 0 Å². The van der Waals surface area contributed by atoms with Crippen LogP contribution >= 0.6 is 0 Å². The molecule has 0 unspecified atom stereocenters. The number of rotatable bonds is 0. The van der Waals surface area contributed by atoms with Crippen molar-refractivity contribution in [1.29, 1.82) is 0 Å². The van der Waals surface area contributed by atoms with Crippen molar-refractivity contribution in [1.82, 2.24) is 0 Å². The van der Waals surface area contributed by atoms with E-state index >= 15 is 0 Å². The van der Waals surface area contributed by atoms with Crippen LogP contribution in [-0.4, -0.2) is 16.4 Å². The summed E-state index contributed by atoms with van der Waals surface area (Å²) in [7, 11) is 0. The Morgan fingerprint density at radius 3 is 1.40 bits per heavy atom. The number of benzene rings is 1. The van der Waals surface area contributed by atoms with Gasteiger partial charge in [-0.1, -0.05) is 0 Å². The van der Waals surface area contributed by atoms with Gasteiger partial charge in [-0.2, -0.15) is 36.4 Å². The first-order valence-corrected chi connectivity index (χ1v) is 2.94. The Kier molecular flexibility index (Phi) is 25.7. The summed E-state index contributed by atoms with van der Waals surface area (Å²) in [5, 5.41) is 0. The van der Waals surface area contributed by atoms with Gasteiger partial charge in [0.15, 0.2) is 0 Å². The predicted molar refractivity (Wildman–Crippen MR) is 39.6 cm³/mol. The molecule has 0 saturated carbocycles. The molecule has 0 radical (unpaired) electrons. The zero-order chi connectivity index (χ0) is 6.24. The van der Waals surface area contributed by atoms with Crippen molar-refractivity contribution in [2.24, 2.45) is 0 Å². The van der Waals surface area contributed by atoms with E-state index in [1.807, 2.05) is 30.3 Å². The minimum Gasteiger partial charge on any atom is -0.184 e. The van der Waals surface area contributed by atoms with Gasteiger partial charge < -0.3 is 11.0 Å². The van der Waals surface area contributed by atoms with E-state index in [4.69, 9.17) is 0 Å². The summed E-state index contributed by atoms with van der Waals surface area (Å²) in [5.41, 5.74) is 3.00. The molecule has 3 heteroatoms. The van der Waals surface area contributed by atoms with E-state index in [9.17, 15) is 0 Å². The molecule has 59 valence electrons. The number of hydrogen-bond acceptors (Lipinski definition) is 0. The van der Waals surface area contributed by atoms with E-state index in [2.05, 4.69) is 27.1 Å². The standard InChI is InChI=1S/C6H5.CH2.Fe.2H2O/c1-2-4-6-5-3-1;;;;/h1-5H;1H2;;2*1H2/q-1;;+1;;.